The summed E-state index contributed by atoms with van der Waals surface area (Å²) >= 11 is 0. The van der Waals surface area contributed by atoms with Gasteiger partial charge in [-0.3, -0.25) is 4.90 Å². The number of nitrogens with zero attached hydrogens (tertiary/aromatic N) is 1. The first-order valence-electron chi connectivity index (χ1n) is 7.50. The number of hydrogen-bond donors (Lipinski definition) is 1. The summed E-state index contributed by atoms with van der Waals surface area (Å²) in [6, 6.07) is 6.96. The molecule has 3 rings (SSSR count). The molecule has 1 aromatic carbocycles. The molecule has 0 bridgehead atoms. The van der Waals surface area contributed by atoms with Crippen molar-refractivity contribution in [3.05, 3.63) is 34.9 Å². The molecule has 0 aromatic heterocycles. The van der Waals surface area contributed by atoms with E-state index in [1.807, 2.05) is 0 Å². The second-order valence-corrected chi connectivity index (χ2v) is 5.64. The van der Waals surface area contributed by atoms with E-state index in [0.717, 1.165) is 26.2 Å². The van der Waals surface area contributed by atoms with Gasteiger partial charge in [0.2, 0.25) is 0 Å². The topological polar surface area (TPSA) is 24.5 Å². The molecule has 0 aliphatic carbocycles. The number of likely N-dealkylation sites (tertiary alicyclic amines) is 1. The smallest absolute Gasteiger partial charge is 0.0599 e. The van der Waals surface area contributed by atoms with E-state index in [9.17, 15) is 0 Å². The van der Waals surface area contributed by atoms with E-state index in [0.29, 0.717) is 6.10 Å². The lowest BCUT2D eigenvalue weighted by molar-refractivity contribution is 0.0125. The number of hydrogen-bond acceptors (Lipinski definition) is 3. The van der Waals surface area contributed by atoms with E-state index in [1.165, 1.54) is 42.6 Å². The molecule has 1 N–H and O–H groups in total. The quantitative estimate of drug-likeness (QED) is 0.899. The van der Waals surface area contributed by atoms with Crippen LogP contribution in [0.3, 0.4) is 0 Å². The van der Waals surface area contributed by atoms with Gasteiger partial charge in [0.25, 0.3) is 0 Å². The summed E-state index contributed by atoms with van der Waals surface area (Å²) < 4.78 is 5.71. The van der Waals surface area contributed by atoms with E-state index >= 15 is 0 Å². The van der Waals surface area contributed by atoms with E-state index in [2.05, 4.69) is 35.3 Å². The summed E-state index contributed by atoms with van der Waals surface area (Å²) in [5.74, 6) is 0. The maximum absolute atomic E-state index is 5.71. The van der Waals surface area contributed by atoms with Crippen LogP contribution in [0, 0.1) is 0 Å². The Balaban J connectivity index is 1.55. The lowest BCUT2D eigenvalue weighted by atomic mass is 10.0. The van der Waals surface area contributed by atoms with Crippen molar-refractivity contribution in [2.45, 2.75) is 45.5 Å². The summed E-state index contributed by atoms with van der Waals surface area (Å²) in [7, 11) is 0. The molecule has 2 aliphatic rings. The van der Waals surface area contributed by atoms with Crippen molar-refractivity contribution in [3.63, 3.8) is 0 Å². The molecule has 19 heavy (non-hydrogen) atoms. The minimum Gasteiger partial charge on any atom is -0.378 e. The predicted molar refractivity (Wildman–Crippen MR) is 76.9 cm³/mol. The van der Waals surface area contributed by atoms with Crippen LogP contribution in [0.1, 0.15) is 36.5 Å². The third kappa shape index (κ3) is 3.16. The van der Waals surface area contributed by atoms with Crippen LogP contribution in [0.25, 0.3) is 0 Å². The van der Waals surface area contributed by atoms with Crippen molar-refractivity contribution >= 4 is 0 Å². The number of fused-ring (bicyclic) bond motifs is 1. The first kappa shape index (κ1) is 13.1. The van der Waals surface area contributed by atoms with Gasteiger partial charge in [-0.05, 0) is 36.5 Å². The third-order valence-corrected chi connectivity index (χ3v) is 4.24. The standard InChI is InChI=1S/C16H24N2O/c1-2-19-16-5-7-18(8-6-16)12-13-3-4-14-10-17-11-15(14)9-13/h3-4,9,16-17H,2,5-8,10-12H2,1H3. The lowest BCUT2D eigenvalue weighted by Crippen LogP contribution is -2.36. The summed E-state index contributed by atoms with van der Waals surface area (Å²) in [4.78, 5) is 2.56. The SMILES string of the molecule is CCOC1CCN(Cc2ccc3c(c2)CNC3)CC1. The van der Waals surface area contributed by atoms with Crippen LogP contribution in [0.2, 0.25) is 0 Å². The Morgan fingerprint density at radius 1 is 1.21 bits per heavy atom. The number of piperidine rings is 1. The average Bonchev–Trinajstić information content (AvgIpc) is 2.89. The van der Waals surface area contributed by atoms with Crippen molar-refractivity contribution in [2.75, 3.05) is 19.7 Å². The largest absolute Gasteiger partial charge is 0.378 e. The van der Waals surface area contributed by atoms with Gasteiger partial charge in [0, 0.05) is 39.3 Å². The van der Waals surface area contributed by atoms with Crippen LogP contribution < -0.4 is 5.32 Å². The first-order valence-corrected chi connectivity index (χ1v) is 7.50. The molecule has 0 radical (unpaired) electrons. The van der Waals surface area contributed by atoms with Crippen molar-refractivity contribution in [3.8, 4) is 0 Å². The molecule has 3 nitrogen and oxygen atoms in total. The zero-order chi connectivity index (χ0) is 13.1. The van der Waals surface area contributed by atoms with Gasteiger partial charge in [-0.1, -0.05) is 18.2 Å². The molecule has 3 heteroatoms. The molecule has 1 fully saturated rings. The van der Waals surface area contributed by atoms with Crippen LogP contribution in [-0.4, -0.2) is 30.7 Å². The highest BCUT2D eigenvalue weighted by Crippen LogP contribution is 2.20. The molecule has 0 amide bonds. The van der Waals surface area contributed by atoms with Crippen LogP contribution in [-0.2, 0) is 24.4 Å². The average molecular weight is 260 g/mol. The highest BCUT2D eigenvalue weighted by atomic mass is 16.5. The molecular formula is C16H24N2O. The third-order valence-electron chi connectivity index (χ3n) is 4.24. The van der Waals surface area contributed by atoms with Crippen LogP contribution in [0.4, 0.5) is 0 Å². The molecule has 2 heterocycles. The Labute approximate surface area is 115 Å². The van der Waals surface area contributed by atoms with Crippen molar-refractivity contribution in [2.24, 2.45) is 0 Å². The fourth-order valence-electron chi connectivity index (χ4n) is 3.17. The molecule has 1 saturated heterocycles. The summed E-state index contributed by atoms with van der Waals surface area (Å²) in [5.41, 5.74) is 4.41. The Kier molecular flexibility index (Phi) is 4.16. The molecule has 2 aliphatic heterocycles. The van der Waals surface area contributed by atoms with Gasteiger partial charge < -0.3 is 10.1 Å². The van der Waals surface area contributed by atoms with Gasteiger partial charge in [-0.15, -0.1) is 0 Å². The molecular weight excluding hydrogens is 236 g/mol. The molecule has 1 aromatic rings. The Hall–Kier alpha value is -0.900. The van der Waals surface area contributed by atoms with Crippen molar-refractivity contribution < 1.29 is 4.74 Å². The van der Waals surface area contributed by atoms with E-state index in [-0.39, 0.29) is 0 Å². The molecule has 0 spiro atoms. The second-order valence-electron chi connectivity index (χ2n) is 5.64. The number of ether oxygens (including phenoxy) is 1. The highest BCUT2D eigenvalue weighted by molar-refractivity contribution is 5.34. The van der Waals surface area contributed by atoms with Crippen molar-refractivity contribution in [1.29, 1.82) is 0 Å². The fourth-order valence-corrected chi connectivity index (χ4v) is 3.17. The summed E-state index contributed by atoms with van der Waals surface area (Å²) in [5, 5.41) is 3.41. The molecule has 0 atom stereocenters. The minimum atomic E-state index is 0.491. The van der Waals surface area contributed by atoms with Gasteiger partial charge in [-0.25, -0.2) is 0 Å². The van der Waals surface area contributed by atoms with Crippen LogP contribution in [0.5, 0.6) is 0 Å². The van der Waals surface area contributed by atoms with Gasteiger partial charge in [0.05, 0.1) is 6.10 Å². The van der Waals surface area contributed by atoms with Gasteiger partial charge >= 0.3 is 0 Å². The number of rotatable bonds is 4. The lowest BCUT2D eigenvalue weighted by Gasteiger charge is -2.31. The molecule has 0 saturated carbocycles. The Morgan fingerprint density at radius 3 is 2.79 bits per heavy atom. The maximum Gasteiger partial charge on any atom is 0.0599 e. The second kappa shape index (κ2) is 6.04. The summed E-state index contributed by atoms with van der Waals surface area (Å²) in [6.45, 7) is 8.44. The monoisotopic (exact) mass is 260 g/mol. The normalized spacial score (nSPS) is 20.7. The van der Waals surface area contributed by atoms with Crippen molar-refractivity contribution in [1.82, 2.24) is 10.2 Å². The maximum atomic E-state index is 5.71. The number of benzene rings is 1. The number of nitrogens with one attached hydrogen (secondary N) is 1. The predicted octanol–water partition coefficient (Wildman–Crippen LogP) is 2.29. The Bertz CT molecular complexity index is 425. The van der Waals surface area contributed by atoms with Gasteiger partial charge in [-0.2, -0.15) is 0 Å². The zero-order valence-corrected chi connectivity index (χ0v) is 11.8. The van der Waals surface area contributed by atoms with E-state index in [1.54, 1.807) is 0 Å². The van der Waals surface area contributed by atoms with E-state index in [4.69, 9.17) is 4.74 Å². The molecule has 0 unspecified atom stereocenters. The summed E-state index contributed by atoms with van der Waals surface area (Å²) in [6.07, 6.45) is 2.85. The van der Waals surface area contributed by atoms with E-state index < -0.39 is 0 Å². The van der Waals surface area contributed by atoms with Gasteiger partial charge in [0.15, 0.2) is 0 Å². The minimum absolute atomic E-state index is 0.491. The zero-order valence-electron chi connectivity index (χ0n) is 11.8. The molecule has 104 valence electrons. The van der Waals surface area contributed by atoms with Crippen LogP contribution >= 0.6 is 0 Å². The Morgan fingerprint density at radius 2 is 2.00 bits per heavy atom. The van der Waals surface area contributed by atoms with Crippen LogP contribution in [0.15, 0.2) is 18.2 Å². The highest BCUT2D eigenvalue weighted by Gasteiger charge is 2.19. The fraction of sp³-hybridized carbons (Fsp3) is 0.625. The van der Waals surface area contributed by atoms with Gasteiger partial charge in [0.1, 0.15) is 0 Å². The first-order chi connectivity index (χ1) is 9.35.